The Morgan fingerprint density at radius 3 is 2.73 bits per heavy atom. The zero-order chi connectivity index (χ0) is 10.7. The van der Waals surface area contributed by atoms with Crippen LogP contribution in [0.15, 0.2) is 30.3 Å². The third kappa shape index (κ3) is 2.05. The van der Waals surface area contributed by atoms with Gasteiger partial charge in [-0.05, 0) is 6.42 Å². The number of aromatic amines is 1. The lowest BCUT2D eigenvalue weighted by Gasteiger charge is -2.01. The van der Waals surface area contributed by atoms with Gasteiger partial charge in [-0.3, -0.25) is 5.10 Å². The van der Waals surface area contributed by atoms with Crippen LogP contribution in [0.3, 0.4) is 0 Å². The van der Waals surface area contributed by atoms with Crippen LogP contribution >= 0.6 is 0 Å². The molecule has 1 heterocycles. The smallest absolute Gasteiger partial charge is 0.181 e. The van der Waals surface area contributed by atoms with Crippen LogP contribution < -0.4 is 5.73 Å². The second kappa shape index (κ2) is 4.23. The Morgan fingerprint density at radius 2 is 2.07 bits per heavy atom. The first-order chi connectivity index (χ1) is 7.31. The second-order valence-corrected chi connectivity index (χ2v) is 3.43. The van der Waals surface area contributed by atoms with Crippen LogP contribution in [-0.4, -0.2) is 15.2 Å². The molecule has 2 aromatic rings. The molecule has 2 rings (SSSR count). The minimum atomic E-state index is -0.0602. The summed E-state index contributed by atoms with van der Waals surface area (Å²) in [6.07, 6.45) is 0.851. The predicted octanol–water partition coefficient (Wildman–Crippen LogP) is 1.88. The highest BCUT2D eigenvalue weighted by Gasteiger charge is 2.10. The highest BCUT2D eigenvalue weighted by atomic mass is 15.2. The Morgan fingerprint density at radius 1 is 1.33 bits per heavy atom. The molecule has 15 heavy (non-hydrogen) atoms. The minimum Gasteiger partial charge on any atom is -0.321 e. The quantitative estimate of drug-likeness (QED) is 0.798. The van der Waals surface area contributed by atoms with Crippen LogP contribution in [0, 0.1) is 0 Å². The number of nitrogens with one attached hydrogen (secondary N) is 1. The van der Waals surface area contributed by atoms with Gasteiger partial charge in [-0.25, -0.2) is 4.98 Å². The third-order valence-electron chi connectivity index (χ3n) is 2.33. The van der Waals surface area contributed by atoms with E-state index in [2.05, 4.69) is 15.2 Å². The average molecular weight is 202 g/mol. The molecule has 0 radical (unpaired) electrons. The lowest BCUT2D eigenvalue weighted by molar-refractivity contribution is 0.652. The summed E-state index contributed by atoms with van der Waals surface area (Å²) in [5.74, 6) is 1.45. The minimum absolute atomic E-state index is 0.0602. The van der Waals surface area contributed by atoms with Crippen molar-refractivity contribution in [2.45, 2.75) is 19.4 Å². The molecule has 0 saturated heterocycles. The van der Waals surface area contributed by atoms with Crippen molar-refractivity contribution in [3.8, 4) is 11.4 Å². The van der Waals surface area contributed by atoms with Crippen LogP contribution in [0.5, 0.6) is 0 Å². The van der Waals surface area contributed by atoms with Crippen LogP contribution in [-0.2, 0) is 0 Å². The number of benzene rings is 1. The van der Waals surface area contributed by atoms with Crippen molar-refractivity contribution in [2.24, 2.45) is 5.73 Å². The van der Waals surface area contributed by atoms with Crippen molar-refractivity contribution in [3.05, 3.63) is 36.2 Å². The van der Waals surface area contributed by atoms with E-state index in [4.69, 9.17) is 5.73 Å². The van der Waals surface area contributed by atoms with E-state index in [1.807, 2.05) is 37.3 Å². The molecule has 0 saturated carbocycles. The lowest BCUT2D eigenvalue weighted by Crippen LogP contribution is -2.10. The molecule has 0 bridgehead atoms. The third-order valence-corrected chi connectivity index (χ3v) is 2.33. The molecular weight excluding hydrogens is 188 g/mol. The van der Waals surface area contributed by atoms with Gasteiger partial charge in [0.1, 0.15) is 5.82 Å². The number of hydrogen-bond donors (Lipinski definition) is 2. The molecule has 0 aliphatic heterocycles. The molecule has 4 heteroatoms. The first-order valence-electron chi connectivity index (χ1n) is 5.04. The molecule has 0 spiro atoms. The highest BCUT2D eigenvalue weighted by molar-refractivity contribution is 5.53. The van der Waals surface area contributed by atoms with E-state index < -0.39 is 0 Å². The number of H-pyrrole nitrogens is 1. The fourth-order valence-electron chi connectivity index (χ4n) is 1.35. The summed E-state index contributed by atoms with van der Waals surface area (Å²) < 4.78 is 0. The van der Waals surface area contributed by atoms with E-state index in [1.165, 1.54) is 0 Å². The molecule has 0 amide bonds. The normalized spacial score (nSPS) is 12.7. The number of rotatable bonds is 3. The summed E-state index contributed by atoms with van der Waals surface area (Å²) in [6.45, 7) is 2.02. The highest BCUT2D eigenvalue weighted by Crippen LogP contribution is 2.16. The van der Waals surface area contributed by atoms with Crippen molar-refractivity contribution >= 4 is 0 Å². The van der Waals surface area contributed by atoms with Crippen molar-refractivity contribution in [1.29, 1.82) is 0 Å². The Labute approximate surface area is 88.5 Å². The van der Waals surface area contributed by atoms with Gasteiger partial charge in [0.2, 0.25) is 0 Å². The lowest BCUT2D eigenvalue weighted by atomic mass is 10.2. The largest absolute Gasteiger partial charge is 0.321 e. The second-order valence-electron chi connectivity index (χ2n) is 3.43. The van der Waals surface area contributed by atoms with Gasteiger partial charge < -0.3 is 5.73 Å². The fourth-order valence-corrected chi connectivity index (χ4v) is 1.35. The van der Waals surface area contributed by atoms with E-state index >= 15 is 0 Å². The summed E-state index contributed by atoms with van der Waals surface area (Å²) in [7, 11) is 0. The number of nitrogens with two attached hydrogens (primary N) is 1. The van der Waals surface area contributed by atoms with Crippen LogP contribution in [0.2, 0.25) is 0 Å². The van der Waals surface area contributed by atoms with Crippen molar-refractivity contribution in [2.75, 3.05) is 0 Å². The van der Waals surface area contributed by atoms with E-state index in [0.717, 1.165) is 17.8 Å². The summed E-state index contributed by atoms with van der Waals surface area (Å²) >= 11 is 0. The molecule has 0 fully saturated rings. The first-order valence-corrected chi connectivity index (χ1v) is 5.04. The maximum absolute atomic E-state index is 5.85. The molecule has 1 aromatic heterocycles. The van der Waals surface area contributed by atoms with Gasteiger partial charge in [0.25, 0.3) is 0 Å². The van der Waals surface area contributed by atoms with Crippen molar-refractivity contribution in [1.82, 2.24) is 15.2 Å². The van der Waals surface area contributed by atoms with Crippen LogP contribution in [0.25, 0.3) is 11.4 Å². The van der Waals surface area contributed by atoms with Crippen LogP contribution in [0.1, 0.15) is 25.2 Å². The molecule has 0 unspecified atom stereocenters. The SMILES string of the molecule is CC[C@@H](N)c1nc(-c2ccccc2)n[nH]1. The fraction of sp³-hybridized carbons (Fsp3) is 0.273. The Bertz CT molecular complexity index is 421. The van der Waals surface area contributed by atoms with Crippen molar-refractivity contribution in [3.63, 3.8) is 0 Å². The summed E-state index contributed by atoms with van der Waals surface area (Å²) in [5, 5.41) is 7.01. The van der Waals surface area contributed by atoms with Gasteiger partial charge in [-0.2, -0.15) is 5.10 Å². The molecular formula is C11H14N4. The zero-order valence-corrected chi connectivity index (χ0v) is 8.64. The van der Waals surface area contributed by atoms with Gasteiger partial charge in [-0.1, -0.05) is 37.3 Å². The monoisotopic (exact) mass is 202 g/mol. The summed E-state index contributed by atoms with van der Waals surface area (Å²) in [5.41, 5.74) is 6.85. The molecule has 78 valence electrons. The number of aromatic nitrogens is 3. The van der Waals surface area contributed by atoms with Gasteiger partial charge in [0, 0.05) is 5.56 Å². The van der Waals surface area contributed by atoms with E-state index in [-0.39, 0.29) is 6.04 Å². The topological polar surface area (TPSA) is 67.6 Å². The Hall–Kier alpha value is -1.68. The van der Waals surface area contributed by atoms with Gasteiger partial charge in [0.15, 0.2) is 5.82 Å². The summed E-state index contributed by atoms with van der Waals surface area (Å²) in [4.78, 5) is 4.36. The zero-order valence-electron chi connectivity index (χ0n) is 8.64. The molecule has 1 aromatic carbocycles. The van der Waals surface area contributed by atoms with Crippen molar-refractivity contribution < 1.29 is 0 Å². The first kappa shape index (κ1) is 9.86. The maximum atomic E-state index is 5.85. The number of hydrogen-bond acceptors (Lipinski definition) is 3. The number of nitrogens with zero attached hydrogens (tertiary/aromatic N) is 2. The van der Waals surface area contributed by atoms with E-state index in [0.29, 0.717) is 5.82 Å². The van der Waals surface area contributed by atoms with Crippen LogP contribution in [0.4, 0.5) is 0 Å². The molecule has 4 nitrogen and oxygen atoms in total. The summed E-state index contributed by atoms with van der Waals surface area (Å²) in [6, 6.07) is 9.79. The Balaban J connectivity index is 2.28. The molecule has 3 N–H and O–H groups in total. The molecule has 1 atom stereocenters. The average Bonchev–Trinajstić information content (AvgIpc) is 2.78. The van der Waals surface area contributed by atoms with Gasteiger partial charge in [-0.15, -0.1) is 0 Å². The Kier molecular flexibility index (Phi) is 2.78. The molecule has 0 aliphatic carbocycles. The molecule has 0 aliphatic rings. The standard InChI is InChI=1S/C11H14N4/c1-2-9(12)11-13-10(14-15-11)8-6-4-3-5-7-8/h3-7,9H,2,12H2,1H3,(H,13,14,15)/t9-/m1/s1. The maximum Gasteiger partial charge on any atom is 0.181 e. The van der Waals surface area contributed by atoms with E-state index in [1.54, 1.807) is 0 Å². The van der Waals surface area contributed by atoms with Gasteiger partial charge in [0.05, 0.1) is 6.04 Å². The van der Waals surface area contributed by atoms with Gasteiger partial charge >= 0.3 is 0 Å². The van der Waals surface area contributed by atoms with E-state index in [9.17, 15) is 0 Å². The predicted molar refractivity (Wildman–Crippen MR) is 59.0 cm³/mol.